The van der Waals surface area contributed by atoms with Gasteiger partial charge < -0.3 is 15.0 Å². The number of nitrogens with one attached hydrogen (secondary N) is 1. The number of carbonyl (C=O) groups is 1. The number of nitrogens with zero attached hydrogens (tertiary/aromatic N) is 2. The van der Waals surface area contributed by atoms with Crippen LogP contribution in [-0.2, 0) is 5.75 Å². The van der Waals surface area contributed by atoms with Crippen LogP contribution in [0, 0.1) is 20.8 Å². The van der Waals surface area contributed by atoms with Crippen LogP contribution in [0.25, 0.3) is 10.2 Å². The van der Waals surface area contributed by atoms with E-state index in [0.29, 0.717) is 38.8 Å². The first kappa shape index (κ1) is 21.5. The third-order valence-corrected chi connectivity index (χ3v) is 7.13. The van der Waals surface area contributed by atoms with Crippen LogP contribution in [0.2, 0.25) is 0 Å². The molecule has 0 saturated carbocycles. The molecule has 154 valence electrons. The fourth-order valence-electron chi connectivity index (χ4n) is 3.14. The number of H-pyrrole nitrogens is 1. The first-order valence-electron chi connectivity index (χ1n) is 9.48. The van der Waals surface area contributed by atoms with E-state index in [1.807, 2.05) is 6.92 Å². The van der Waals surface area contributed by atoms with Gasteiger partial charge >= 0.3 is 0 Å². The molecule has 6 nitrogen and oxygen atoms in total. The lowest BCUT2D eigenvalue weighted by atomic mass is 10.2. The first-order valence-corrected chi connectivity index (χ1v) is 11.3. The summed E-state index contributed by atoms with van der Waals surface area (Å²) in [4.78, 5) is 36.8. The predicted molar refractivity (Wildman–Crippen MR) is 119 cm³/mol. The van der Waals surface area contributed by atoms with Crippen molar-refractivity contribution in [1.29, 1.82) is 0 Å². The van der Waals surface area contributed by atoms with Crippen molar-refractivity contribution in [2.75, 3.05) is 19.7 Å². The topological polar surface area (TPSA) is 86.3 Å². The van der Waals surface area contributed by atoms with E-state index in [0.717, 1.165) is 4.90 Å². The van der Waals surface area contributed by atoms with Crippen LogP contribution in [0.15, 0.2) is 27.9 Å². The lowest BCUT2D eigenvalue weighted by molar-refractivity contribution is 0.0736. The van der Waals surface area contributed by atoms with Crippen molar-refractivity contribution < 1.29 is 9.90 Å². The number of aryl methyl sites for hydroxylation is 3. The molecule has 8 heteroatoms. The number of aromatic nitrogens is 2. The summed E-state index contributed by atoms with van der Waals surface area (Å²) in [6.07, 6.45) is 0. The van der Waals surface area contributed by atoms with Gasteiger partial charge in [-0.05, 0) is 44.9 Å². The molecule has 0 saturated heterocycles. The average Bonchev–Trinajstić information content (AvgIpc) is 3.03. The Bertz CT molecular complexity index is 1100. The van der Waals surface area contributed by atoms with E-state index in [2.05, 4.69) is 42.0 Å². The van der Waals surface area contributed by atoms with Crippen molar-refractivity contribution in [3.63, 3.8) is 0 Å². The Morgan fingerprint density at radius 3 is 2.76 bits per heavy atom. The normalized spacial score (nSPS) is 11.2. The summed E-state index contributed by atoms with van der Waals surface area (Å²) in [5.74, 6) is 0.963. The van der Waals surface area contributed by atoms with Crippen LogP contribution < -0.4 is 5.56 Å². The van der Waals surface area contributed by atoms with Gasteiger partial charge in [0, 0.05) is 18.0 Å². The number of thiophene rings is 1. The fourth-order valence-corrected chi connectivity index (χ4v) is 5.30. The minimum absolute atomic E-state index is 0.0951. The summed E-state index contributed by atoms with van der Waals surface area (Å²) in [5.41, 5.74) is 2.81. The third-order valence-electron chi connectivity index (χ3n) is 4.79. The Balaban J connectivity index is 1.92. The molecule has 29 heavy (non-hydrogen) atoms. The molecule has 3 aromatic rings. The van der Waals surface area contributed by atoms with Crippen LogP contribution in [0.1, 0.15) is 39.1 Å². The number of hydrogen-bond donors (Lipinski definition) is 2. The standard InChI is InChI=1S/C21H25N3O3S2/c1-5-24(8-9-25)21(27)18-14(4)17-19(26)22-16(23-20(17)29-18)11-28-15-10-12(2)6-7-13(15)3/h6-7,10,25H,5,8-9,11H2,1-4H3,(H,22,23,26). The quantitative estimate of drug-likeness (QED) is 0.558. The zero-order valence-electron chi connectivity index (χ0n) is 17.0. The van der Waals surface area contributed by atoms with Crippen LogP contribution in [0.3, 0.4) is 0 Å². The minimum Gasteiger partial charge on any atom is -0.395 e. The van der Waals surface area contributed by atoms with Crippen molar-refractivity contribution in [2.24, 2.45) is 0 Å². The highest BCUT2D eigenvalue weighted by atomic mass is 32.2. The number of thioether (sulfide) groups is 1. The maximum absolute atomic E-state index is 12.8. The molecule has 2 N–H and O–H groups in total. The number of aromatic amines is 1. The van der Waals surface area contributed by atoms with Gasteiger partial charge in [0.1, 0.15) is 10.7 Å². The first-order chi connectivity index (χ1) is 13.8. The third kappa shape index (κ3) is 4.55. The van der Waals surface area contributed by atoms with Crippen LogP contribution in [0.5, 0.6) is 0 Å². The van der Waals surface area contributed by atoms with Gasteiger partial charge in [-0.25, -0.2) is 4.98 Å². The van der Waals surface area contributed by atoms with E-state index < -0.39 is 0 Å². The Labute approximate surface area is 178 Å². The van der Waals surface area contributed by atoms with E-state index in [-0.39, 0.29) is 24.6 Å². The van der Waals surface area contributed by atoms with Crippen molar-refractivity contribution in [2.45, 2.75) is 38.3 Å². The van der Waals surface area contributed by atoms with Gasteiger partial charge in [0.15, 0.2) is 0 Å². The highest BCUT2D eigenvalue weighted by Gasteiger charge is 2.22. The molecule has 0 unspecified atom stereocenters. The summed E-state index contributed by atoms with van der Waals surface area (Å²) in [6, 6.07) is 6.29. The van der Waals surface area contributed by atoms with E-state index in [1.165, 1.54) is 22.5 Å². The second-order valence-electron chi connectivity index (χ2n) is 6.92. The molecule has 3 rings (SSSR count). The maximum atomic E-state index is 12.8. The van der Waals surface area contributed by atoms with E-state index in [9.17, 15) is 14.7 Å². The summed E-state index contributed by atoms with van der Waals surface area (Å²) in [7, 11) is 0. The number of fused-ring (bicyclic) bond motifs is 1. The Morgan fingerprint density at radius 2 is 2.07 bits per heavy atom. The van der Waals surface area contributed by atoms with E-state index >= 15 is 0 Å². The van der Waals surface area contributed by atoms with Crippen LogP contribution in [-0.4, -0.2) is 45.6 Å². The molecule has 0 aliphatic heterocycles. The van der Waals surface area contributed by atoms with Crippen molar-refractivity contribution in [3.05, 3.63) is 55.9 Å². The summed E-state index contributed by atoms with van der Waals surface area (Å²) in [6.45, 7) is 8.43. The second-order valence-corrected chi connectivity index (χ2v) is 8.93. The number of aliphatic hydroxyl groups excluding tert-OH is 1. The maximum Gasteiger partial charge on any atom is 0.264 e. The fraction of sp³-hybridized carbons (Fsp3) is 0.381. The van der Waals surface area contributed by atoms with Gasteiger partial charge in [-0.15, -0.1) is 23.1 Å². The SMILES string of the molecule is CCN(CCO)C(=O)c1sc2nc(CSc3cc(C)ccc3C)[nH]c(=O)c2c1C. The van der Waals surface area contributed by atoms with Crippen molar-refractivity contribution in [1.82, 2.24) is 14.9 Å². The minimum atomic E-state index is -0.218. The van der Waals surface area contributed by atoms with Crippen LogP contribution in [0.4, 0.5) is 0 Å². The highest BCUT2D eigenvalue weighted by molar-refractivity contribution is 7.98. The second kappa shape index (κ2) is 9.11. The van der Waals surface area contributed by atoms with E-state index in [1.54, 1.807) is 23.6 Å². The van der Waals surface area contributed by atoms with E-state index in [4.69, 9.17) is 0 Å². The molecule has 0 radical (unpaired) electrons. The van der Waals surface area contributed by atoms with Crippen LogP contribution >= 0.6 is 23.1 Å². The van der Waals surface area contributed by atoms with Gasteiger partial charge in [0.2, 0.25) is 0 Å². The molecule has 0 aliphatic rings. The van der Waals surface area contributed by atoms with Crippen molar-refractivity contribution >= 4 is 39.2 Å². The molecule has 0 aliphatic carbocycles. The Morgan fingerprint density at radius 1 is 1.31 bits per heavy atom. The molecule has 1 aromatic carbocycles. The number of benzene rings is 1. The van der Waals surface area contributed by atoms with Gasteiger partial charge in [-0.3, -0.25) is 9.59 Å². The predicted octanol–water partition coefficient (Wildman–Crippen LogP) is 3.66. The molecular weight excluding hydrogens is 406 g/mol. The summed E-state index contributed by atoms with van der Waals surface area (Å²) < 4.78 is 0. The zero-order chi connectivity index (χ0) is 21.1. The summed E-state index contributed by atoms with van der Waals surface area (Å²) >= 11 is 2.88. The molecule has 0 fully saturated rings. The number of rotatable bonds is 7. The number of carbonyl (C=O) groups excluding carboxylic acids is 1. The Kier molecular flexibility index (Phi) is 6.77. The summed E-state index contributed by atoms with van der Waals surface area (Å²) in [5, 5.41) is 9.65. The molecule has 0 atom stereocenters. The number of aliphatic hydroxyl groups is 1. The molecule has 1 amide bonds. The molecule has 2 heterocycles. The van der Waals surface area contributed by atoms with Crippen molar-refractivity contribution in [3.8, 4) is 0 Å². The largest absolute Gasteiger partial charge is 0.395 e. The number of hydrogen-bond acceptors (Lipinski definition) is 6. The Hall–Kier alpha value is -2.16. The van der Waals surface area contributed by atoms with Gasteiger partial charge in [0.05, 0.1) is 22.6 Å². The molecule has 2 aromatic heterocycles. The number of amides is 1. The van der Waals surface area contributed by atoms with Gasteiger partial charge in [0.25, 0.3) is 11.5 Å². The molecular formula is C21H25N3O3S2. The monoisotopic (exact) mass is 431 g/mol. The number of likely N-dealkylation sites (N-methyl/N-ethyl adjacent to an activating group) is 1. The molecule has 0 bridgehead atoms. The van der Waals surface area contributed by atoms with Gasteiger partial charge in [-0.1, -0.05) is 17.7 Å². The molecule has 0 spiro atoms. The zero-order valence-corrected chi connectivity index (χ0v) is 18.7. The average molecular weight is 432 g/mol. The smallest absolute Gasteiger partial charge is 0.264 e. The van der Waals surface area contributed by atoms with Gasteiger partial charge in [-0.2, -0.15) is 0 Å². The lowest BCUT2D eigenvalue weighted by Crippen LogP contribution is -2.33. The highest BCUT2D eigenvalue weighted by Crippen LogP contribution is 2.30. The lowest BCUT2D eigenvalue weighted by Gasteiger charge is -2.19.